The average Bonchev–Trinajstić information content (AvgIpc) is 3.57. The summed E-state index contributed by atoms with van der Waals surface area (Å²) in [6, 6.07) is 7.62. The van der Waals surface area contributed by atoms with Crippen molar-refractivity contribution in [3.63, 3.8) is 0 Å². The largest absolute Gasteiger partial charge is 0.365 e. The van der Waals surface area contributed by atoms with E-state index in [0.717, 1.165) is 11.3 Å². The minimum absolute atomic E-state index is 0.0423. The second kappa shape index (κ2) is 9.78. The Hall–Kier alpha value is -3.87. The lowest BCUT2D eigenvalue weighted by Crippen LogP contribution is -2.17. The molecule has 0 radical (unpaired) electrons. The summed E-state index contributed by atoms with van der Waals surface area (Å²) in [6.45, 7) is 1.72. The van der Waals surface area contributed by atoms with Gasteiger partial charge in [-0.1, -0.05) is 29.3 Å². The number of fused-ring (bicyclic) bond motifs is 1. The molecule has 0 saturated carbocycles. The topological polar surface area (TPSA) is 132 Å². The van der Waals surface area contributed by atoms with Gasteiger partial charge in [0.1, 0.15) is 21.1 Å². The number of anilines is 1. The number of aromatic nitrogens is 5. The maximum Gasteiger partial charge on any atom is 0.280 e. The van der Waals surface area contributed by atoms with Gasteiger partial charge in [-0.25, -0.2) is 13.8 Å². The van der Waals surface area contributed by atoms with Crippen LogP contribution in [0.25, 0.3) is 32.6 Å². The molecule has 9 nitrogen and oxygen atoms in total. The number of benzene rings is 1. The van der Waals surface area contributed by atoms with Crippen molar-refractivity contribution in [3.8, 4) is 22.4 Å². The zero-order valence-corrected chi connectivity index (χ0v) is 22.0. The van der Waals surface area contributed by atoms with Gasteiger partial charge < -0.3 is 11.1 Å². The fourth-order valence-corrected chi connectivity index (χ4v) is 5.33. The number of primary amides is 1. The van der Waals surface area contributed by atoms with Gasteiger partial charge in [-0.05, 0) is 36.8 Å². The molecule has 0 aliphatic heterocycles. The molecule has 0 unspecified atom stereocenters. The quantitative estimate of drug-likeness (QED) is 0.229. The van der Waals surface area contributed by atoms with Crippen molar-refractivity contribution in [3.05, 3.63) is 68.5 Å². The molecule has 5 aromatic rings. The van der Waals surface area contributed by atoms with Crippen molar-refractivity contribution in [1.29, 1.82) is 0 Å². The van der Waals surface area contributed by atoms with Crippen LogP contribution in [0.1, 0.15) is 38.0 Å². The molecular formula is C24H17Cl2F2N7O2S. The summed E-state index contributed by atoms with van der Waals surface area (Å²) in [7, 11) is 1.69. The Balaban J connectivity index is 1.62. The highest BCUT2D eigenvalue weighted by Gasteiger charge is 2.26. The zero-order valence-electron chi connectivity index (χ0n) is 19.6. The Kier molecular flexibility index (Phi) is 6.63. The van der Waals surface area contributed by atoms with Crippen LogP contribution in [0.2, 0.25) is 10.0 Å². The number of pyridine rings is 1. The molecule has 4 heterocycles. The van der Waals surface area contributed by atoms with E-state index in [1.165, 1.54) is 16.8 Å². The summed E-state index contributed by atoms with van der Waals surface area (Å²) in [5.41, 5.74) is 7.71. The molecule has 5 rings (SSSR count). The molecule has 0 aliphatic rings. The van der Waals surface area contributed by atoms with Crippen LogP contribution >= 0.6 is 34.5 Å². The number of halogens is 4. The van der Waals surface area contributed by atoms with E-state index in [0.29, 0.717) is 43.5 Å². The molecule has 0 saturated heterocycles. The average molecular weight is 576 g/mol. The van der Waals surface area contributed by atoms with Crippen molar-refractivity contribution >= 4 is 62.3 Å². The van der Waals surface area contributed by atoms with E-state index in [1.807, 2.05) is 0 Å². The number of thiophene rings is 1. The van der Waals surface area contributed by atoms with Gasteiger partial charge in [0.2, 0.25) is 0 Å². The number of carbonyl (C=O) groups excluding carboxylic acids is 2. The van der Waals surface area contributed by atoms with E-state index in [4.69, 9.17) is 28.9 Å². The number of hydrogen-bond acceptors (Lipinski definition) is 6. The molecule has 38 heavy (non-hydrogen) atoms. The number of nitrogens with zero attached hydrogens (tertiary/aromatic N) is 4. The smallest absolute Gasteiger partial charge is 0.280 e. The number of amides is 2. The third-order valence-corrected chi connectivity index (χ3v) is 7.55. The number of aromatic amines is 1. The van der Waals surface area contributed by atoms with Crippen LogP contribution in [0.3, 0.4) is 0 Å². The first-order valence-corrected chi connectivity index (χ1v) is 12.5. The van der Waals surface area contributed by atoms with Crippen LogP contribution in [0, 0.1) is 6.92 Å². The van der Waals surface area contributed by atoms with Gasteiger partial charge >= 0.3 is 0 Å². The van der Waals surface area contributed by atoms with Gasteiger partial charge in [-0.3, -0.25) is 19.4 Å². The second-order valence-electron chi connectivity index (χ2n) is 8.30. The predicted octanol–water partition coefficient (Wildman–Crippen LogP) is 5.99. The summed E-state index contributed by atoms with van der Waals surface area (Å²) in [5.74, 6) is -1.49. The normalized spacial score (nSPS) is 11.4. The SMILES string of the molecule is Cc1nn(C)cc1-c1cc(C(F)F)nc2sc(C(N)=O)c(NC(=O)c3cc(-c4ccc(Cl)c(Cl)c4)n[nH]3)c12. The highest BCUT2D eigenvalue weighted by Crippen LogP contribution is 2.43. The molecule has 0 atom stereocenters. The molecule has 1 aromatic carbocycles. The van der Waals surface area contributed by atoms with Crippen LogP contribution in [0.5, 0.6) is 0 Å². The van der Waals surface area contributed by atoms with Gasteiger partial charge in [0.25, 0.3) is 18.2 Å². The Morgan fingerprint density at radius 2 is 1.92 bits per heavy atom. The number of aryl methyl sites for hydroxylation is 2. The van der Waals surface area contributed by atoms with Gasteiger partial charge in [-0.2, -0.15) is 10.2 Å². The predicted molar refractivity (Wildman–Crippen MR) is 142 cm³/mol. The first-order chi connectivity index (χ1) is 18.0. The lowest BCUT2D eigenvalue weighted by atomic mass is 10.0. The minimum Gasteiger partial charge on any atom is -0.365 e. The van der Waals surface area contributed by atoms with E-state index in [9.17, 15) is 18.4 Å². The molecule has 14 heteroatoms. The van der Waals surface area contributed by atoms with E-state index in [1.54, 1.807) is 38.4 Å². The Labute approximate surface area is 227 Å². The summed E-state index contributed by atoms with van der Waals surface area (Å²) in [4.78, 5) is 29.7. The fraction of sp³-hybridized carbons (Fsp3) is 0.125. The zero-order chi connectivity index (χ0) is 27.3. The number of alkyl halides is 2. The number of nitrogens with two attached hydrogens (primary N) is 1. The van der Waals surface area contributed by atoms with Gasteiger partial charge in [0.15, 0.2) is 0 Å². The lowest BCUT2D eigenvalue weighted by molar-refractivity contribution is 0.100. The molecule has 0 fully saturated rings. The summed E-state index contributed by atoms with van der Waals surface area (Å²) >= 11 is 12.9. The fourth-order valence-electron chi connectivity index (χ4n) is 4.02. The third kappa shape index (κ3) is 4.62. The maximum atomic E-state index is 13.7. The second-order valence-corrected chi connectivity index (χ2v) is 10.1. The Morgan fingerprint density at radius 1 is 1.16 bits per heavy atom. The molecule has 0 spiro atoms. The van der Waals surface area contributed by atoms with Crippen molar-refractivity contribution in [2.75, 3.05) is 5.32 Å². The standard InChI is InChI=1S/C24H17Cl2F2N7O2S/c1-9-12(8-35(2)34-9)11-6-16(21(27)28)30-24-18(11)19(20(38-24)22(29)36)31-23(37)17-7-15(32-33-17)10-3-4-13(25)14(26)5-10/h3-8,21H,1-2H3,(H2,29,36)(H,31,37)(H,32,33). The highest BCUT2D eigenvalue weighted by molar-refractivity contribution is 7.21. The molecule has 194 valence electrons. The monoisotopic (exact) mass is 575 g/mol. The number of carbonyl (C=O) groups is 2. The lowest BCUT2D eigenvalue weighted by Gasteiger charge is -2.10. The summed E-state index contributed by atoms with van der Waals surface area (Å²) in [5, 5.41) is 14.8. The molecule has 4 aromatic heterocycles. The number of hydrogen-bond donors (Lipinski definition) is 3. The molecule has 2 amide bonds. The molecular weight excluding hydrogens is 559 g/mol. The maximum absolute atomic E-state index is 13.7. The van der Waals surface area contributed by atoms with E-state index in [2.05, 4.69) is 25.6 Å². The summed E-state index contributed by atoms with van der Waals surface area (Å²) in [6.07, 6.45) is -1.21. The Morgan fingerprint density at radius 3 is 2.55 bits per heavy atom. The van der Waals surface area contributed by atoms with Crippen LogP contribution in [-0.4, -0.2) is 36.8 Å². The van der Waals surface area contributed by atoms with Gasteiger partial charge in [0, 0.05) is 29.8 Å². The van der Waals surface area contributed by atoms with Crippen molar-refractivity contribution < 1.29 is 18.4 Å². The molecule has 0 aliphatic carbocycles. The van der Waals surface area contributed by atoms with E-state index in [-0.39, 0.29) is 21.1 Å². The number of H-pyrrole nitrogens is 1. The van der Waals surface area contributed by atoms with Gasteiger partial charge in [-0.15, -0.1) is 11.3 Å². The van der Waals surface area contributed by atoms with Crippen molar-refractivity contribution in [2.45, 2.75) is 13.3 Å². The third-order valence-electron chi connectivity index (χ3n) is 5.71. The first kappa shape index (κ1) is 25.8. The van der Waals surface area contributed by atoms with Gasteiger partial charge in [0.05, 0.1) is 27.1 Å². The Bertz CT molecular complexity index is 1750. The molecule has 0 bridgehead atoms. The number of nitrogens with one attached hydrogen (secondary N) is 2. The minimum atomic E-state index is -2.86. The van der Waals surface area contributed by atoms with Crippen molar-refractivity contribution in [2.24, 2.45) is 12.8 Å². The van der Waals surface area contributed by atoms with Crippen LogP contribution in [0.15, 0.2) is 36.5 Å². The van der Waals surface area contributed by atoms with Crippen LogP contribution < -0.4 is 11.1 Å². The first-order valence-electron chi connectivity index (χ1n) is 10.9. The summed E-state index contributed by atoms with van der Waals surface area (Å²) < 4.78 is 29.0. The van der Waals surface area contributed by atoms with Crippen LogP contribution in [-0.2, 0) is 7.05 Å². The highest BCUT2D eigenvalue weighted by atomic mass is 35.5. The van der Waals surface area contributed by atoms with Crippen molar-refractivity contribution in [1.82, 2.24) is 25.0 Å². The number of rotatable bonds is 6. The van der Waals surface area contributed by atoms with E-state index < -0.39 is 23.9 Å². The molecule has 4 N–H and O–H groups in total. The van der Waals surface area contributed by atoms with Crippen LogP contribution in [0.4, 0.5) is 14.5 Å². The van der Waals surface area contributed by atoms with E-state index >= 15 is 0 Å².